The zero-order chi connectivity index (χ0) is 14.5. The molecule has 1 aromatic carbocycles. The average Bonchev–Trinajstić information content (AvgIpc) is 2.41. The minimum atomic E-state index is -0.512. The van der Waals surface area contributed by atoms with E-state index in [2.05, 4.69) is 24.1 Å². The van der Waals surface area contributed by atoms with Crippen LogP contribution in [-0.4, -0.2) is 11.0 Å². The smallest absolute Gasteiger partial charge is 0.219 e. The Kier molecular flexibility index (Phi) is 4.93. The third-order valence-corrected chi connectivity index (χ3v) is 2.89. The number of pyridine rings is 1. The number of aromatic nitrogens is 1. The zero-order valence-electron chi connectivity index (χ0n) is 11.4. The first-order valence-corrected chi connectivity index (χ1v) is 6.74. The van der Waals surface area contributed by atoms with Gasteiger partial charge in [-0.05, 0) is 18.2 Å². The second-order valence-electron chi connectivity index (χ2n) is 4.68. The van der Waals surface area contributed by atoms with E-state index in [1.807, 2.05) is 12.1 Å². The molecule has 5 heteroatoms. The summed E-state index contributed by atoms with van der Waals surface area (Å²) in [6, 6.07) is 10.2. The Bertz CT molecular complexity index is 590. The highest BCUT2D eigenvalue weighted by atomic mass is 35.5. The van der Waals surface area contributed by atoms with Gasteiger partial charge in [-0.15, -0.1) is 0 Å². The summed E-state index contributed by atoms with van der Waals surface area (Å²) in [4.78, 5) is 4.35. The third-order valence-electron chi connectivity index (χ3n) is 2.59. The molecule has 1 heterocycles. The first-order chi connectivity index (χ1) is 9.54. The number of nitrogens with zero attached hydrogens (tertiary/aromatic N) is 1. The summed E-state index contributed by atoms with van der Waals surface area (Å²) in [5.41, 5.74) is 0.866. The van der Waals surface area contributed by atoms with Crippen LogP contribution in [0.3, 0.4) is 0 Å². The maximum atomic E-state index is 13.3. The second kappa shape index (κ2) is 6.68. The van der Waals surface area contributed by atoms with Gasteiger partial charge in [0.1, 0.15) is 11.6 Å². The number of hydrogen-bond donors (Lipinski definition) is 1. The molecule has 2 rings (SSSR count). The molecule has 0 saturated heterocycles. The van der Waals surface area contributed by atoms with Gasteiger partial charge in [0, 0.05) is 24.7 Å². The summed E-state index contributed by atoms with van der Waals surface area (Å²) in [6.07, 6.45) is 0. The van der Waals surface area contributed by atoms with Crippen molar-refractivity contribution in [3.05, 3.63) is 52.9 Å². The van der Waals surface area contributed by atoms with Gasteiger partial charge in [0.25, 0.3) is 0 Å². The van der Waals surface area contributed by atoms with Crippen LogP contribution in [0.5, 0.6) is 11.6 Å². The number of halogens is 2. The fourth-order valence-corrected chi connectivity index (χ4v) is 1.70. The van der Waals surface area contributed by atoms with Gasteiger partial charge in [0.05, 0.1) is 10.7 Å². The van der Waals surface area contributed by atoms with Gasteiger partial charge >= 0.3 is 0 Å². The lowest BCUT2D eigenvalue weighted by Gasteiger charge is -2.09. The number of ether oxygens (including phenoxy) is 1. The Morgan fingerprint density at radius 1 is 1.30 bits per heavy atom. The van der Waals surface area contributed by atoms with E-state index in [1.54, 1.807) is 12.1 Å². The lowest BCUT2D eigenvalue weighted by molar-refractivity contribution is 0.454. The highest BCUT2D eigenvalue weighted by Crippen LogP contribution is 2.24. The molecule has 0 aliphatic rings. The van der Waals surface area contributed by atoms with Crippen molar-refractivity contribution in [2.24, 2.45) is 0 Å². The van der Waals surface area contributed by atoms with Gasteiger partial charge in [0.15, 0.2) is 0 Å². The first kappa shape index (κ1) is 14.8. The van der Waals surface area contributed by atoms with Crippen LogP contribution >= 0.6 is 11.6 Å². The topological polar surface area (TPSA) is 34.1 Å². The van der Waals surface area contributed by atoms with Crippen LogP contribution in [0, 0.1) is 5.82 Å². The van der Waals surface area contributed by atoms with Crippen LogP contribution in [0.1, 0.15) is 19.5 Å². The molecule has 20 heavy (non-hydrogen) atoms. The SMILES string of the molecule is CC(C)NCc1cccc(Oc2ccc(Cl)c(F)c2)n1. The maximum absolute atomic E-state index is 13.3. The van der Waals surface area contributed by atoms with Crippen molar-refractivity contribution >= 4 is 11.6 Å². The third kappa shape index (κ3) is 4.18. The molecule has 2 aromatic rings. The van der Waals surface area contributed by atoms with Crippen molar-refractivity contribution in [3.63, 3.8) is 0 Å². The summed E-state index contributed by atoms with van der Waals surface area (Å²) in [7, 11) is 0. The summed E-state index contributed by atoms with van der Waals surface area (Å²) in [5, 5.41) is 3.34. The van der Waals surface area contributed by atoms with Gasteiger partial charge in [-0.1, -0.05) is 31.5 Å². The number of benzene rings is 1. The van der Waals surface area contributed by atoms with Crippen LogP contribution in [0.25, 0.3) is 0 Å². The first-order valence-electron chi connectivity index (χ1n) is 6.37. The molecule has 0 saturated carbocycles. The van der Waals surface area contributed by atoms with Crippen molar-refractivity contribution in [1.82, 2.24) is 10.3 Å². The molecule has 0 fully saturated rings. The Morgan fingerprint density at radius 3 is 2.80 bits per heavy atom. The molecule has 1 aromatic heterocycles. The fourth-order valence-electron chi connectivity index (χ4n) is 1.58. The largest absolute Gasteiger partial charge is 0.439 e. The zero-order valence-corrected chi connectivity index (χ0v) is 12.1. The average molecular weight is 295 g/mol. The summed E-state index contributed by atoms with van der Waals surface area (Å²) < 4.78 is 18.9. The van der Waals surface area contributed by atoms with Crippen molar-refractivity contribution < 1.29 is 9.13 Å². The number of nitrogens with one attached hydrogen (secondary N) is 1. The molecule has 0 atom stereocenters. The molecule has 0 spiro atoms. The minimum Gasteiger partial charge on any atom is -0.439 e. The van der Waals surface area contributed by atoms with Gasteiger partial charge in [-0.25, -0.2) is 9.37 Å². The minimum absolute atomic E-state index is 0.0696. The Hall–Kier alpha value is -1.65. The van der Waals surface area contributed by atoms with Gasteiger partial charge < -0.3 is 10.1 Å². The van der Waals surface area contributed by atoms with Gasteiger partial charge in [-0.3, -0.25) is 0 Å². The quantitative estimate of drug-likeness (QED) is 0.899. The molecule has 0 aliphatic heterocycles. The van der Waals surface area contributed by atoms with E-state index in [0.717, 1.165) is 5.69 Å². The normalized spacial score (nSPS) is 10.8. The van der Waals surface area contributed by atoms with E-state index in [-0.39, 0.29) is 5.02 Å². The molecule has 106 valence electrons. The van der Waals surface area contributed by atoms with Crippen LogP contribution in [0.2, 0.25) is 5.02 Å². The van der Waals surface area contributed by atoms with Crippen LogP contribution in [-0.2, 0) is 6.54 Å². The Balaban J connectivity index is 2.08. The van der Waals surface area contributed by atoms with E-state index in [4.69, 9.17) is 16.3 Å². The second-order valence-corrected chi connectivity index (χ2v) is 5.09. The van der Waals surface area contributed by atoms with Gasteiger partial charge in [-0.2, -0.15) is 0 Å². The van der Waals surface area contributed by atoms with Crippen molar-refractivity contribution in [3.8, 4) is 11.6 Å². The molecule has 0 radical (unpaired) electrons. The van der Waals surface area contributed by atoms with Crippen LogP contribution in [0.4, 0.5) is 4.39 Å². The maximum Gasteiger partial charge on any atom is 0.219 e. The van der Waals surface area contributed by atoms with Crippen molar-refractivity contribution in [1.29, 1.82) is 0 Å². The van der Waals surface area contributed by atoms with E-state index in [1.165, 1.54) is 12.1 Å². The monoisotopic (exact) mass is 294 g/mol. The highest BCUT2D eigenvalue weighted by molar-refractivity contribution is 6.30. The Labute approximate surface area is 122 Å². The fraction of sp³-hybridized carbons (Fsp3) is 0.267. The van der Waals surface area contributed by atoms with Crippen molar-refractivity contribution in [2.45, 2.75) is 26.4 Å². The van der Waals surface area contributed by atoms with Gasteiger partial charge in [0.2, 0.25) is 5.88 Å². The van der Waals surface area contributed by atoms with E-state index in [9.17, 15) is 4.39 Å². The molecule has 1 N–H and O–H groups in total. The predicted octanol–water partition coefficient (Wildman–Crippen LogP) is 4.16. The predicted molar refractivity (Wildman–Crippen MR) is 77.7 cm³/mol. The Morgan fingerprint density at radius 2 is 2.10 bits per heavy atom. The van der Waals surface area contributed by atoms with Crippen LogP contribution in [0.15, 0.2) is 36.4 Å². The number of rotatable bonds is 5. The molecule has 0 unspecified atom stereocenters. The van der Waals surface area contributed by atoms with E-state index >= 15 is 0 Å². The molecular weight excluding hydrogens is 279 g/mol. The molecular formula is C15H16ClFN2O. The summed E-state index contributed by atoms with van der Waals surface area (Å²) in [5.74, 6) is 0.282. The standard InChI is InChI=1S/C15H16ClFN2O/c1-10(2)18-9-11-4-3-5-15(19-11)20-12-6-7-13(16)14(17)8-12/h3-8,10,18H,9H2,1-2H3. The highest BCUT2D eigenvalue weighted by Gasteiger charge is 2.05. The molecule has 0 amide bonds. The van der Waals surface area contributed by atoms with E-state index in [0.29, 0.717) is 24.2 Å². The van der Waals surface area contributed by atoms with Crippen LogP contribution < -0.4 is 10.1 Å². The molecule has 3 nitrogen and oxygen atoms in total. The molecule has 0 bridgehead atoms. The number of hydrogen-bond acceptors (Lipinski definition) is 3. The lowest BCUT2D eigenvalue weighted by Crippen LogP contribution is -2.22. The van der Waals surface area contributed by atoms with Crippen molar-refractivity contribution in [2.75, 3.05) is 0 Å². The summed E-state index contributed by atoms with van der Waals surface area (Å²) in [6.45, 7) is 4.79. The van der Waals surface area contributed by atoms with E-state index < -0.39 is 5.82 Å². The molecule has 0 aliphatic carbocycles. The lowest BCUT2D eigenvalue weighted by atomic mass is 10.3. The summed E-state index contributed by atoms with van der Waals surface area (Å²) >= 11 is 5.63.